The zero-order valence-corrected chi connectivity index (χ0v) is 20.6. The quantitative estimate of drug-likeness (QED) is 0.354. The normalized spacial score (nSPS) is 19.3. The predicted octanol–water partition coefficient (Wildman–Crippen LogP) is 4.81. The number of hydrogen-bond donors (Lipinski definition) is 1. The van der Waals surface area contributed by atoms with E-state index < -0.39 is 55.7 Å². The molecule has 5 rings (SSSR count). The first-order valence-electron chi connectivity index (χ1n) is 11.8. The third-order valence-electron chi connectivity index (χ3n) is 6.48. The average Bonchev–Trinajstić information content (AvgIpc) is 3.49. The molecule has 0 radical (unpaired) electrons. The first kappa shape index (κ1) is 24.8. The SMILES string of the molecule is O=C(NCC(=O)N1C[C@@](F)(CF)C[C@H]1C(=O)OCc1ccccc1)c1ccc2sc3ccccc3c2c1. The fourth-order valence-corrected chi connectivity index (χ4v) is 5.64. The van der Waals surface area contributed by atoms with Gasteiger partial charge in [0.25, 0.3) is 5.91 Å². The van der Waals surface area contributed by atoms with Crippen LogP contribution in [0.2, 0.25) is 0 Å². The van der Waals surface area contributed by atoms with Crippen LogP contribution in [0.5, 0.6) is 0 Å². The predicted molar refractivity (Wildman–Crippen MR) is 138 cm³/mol. The van der Waals surface area contributed by atoms with Crippen molar-refractivity contribution in [2.45, 2.75) is 24.7 Å². The highest BCUT2D eigenvalue weighted by atomic mass is 32.1. The molecule has 3 aromatic carbocycles. The van der Waals surface area contributed by atoms with Crippen LogP contribution in [0.25, 0.3) is 20.2 Å². The van der Waals surface area contributed by atoms with Crippen LogP contribution in [-0.2, 0) is 20.9 Å². The van der Waals surface area contributed by atoms with Crippen LogP contribution in [0.1, 0.15) is 22.3 Å². The number of carbonyl (C=O) groups is 3. The summed E-state index contributed by atoms with van der Waals surface area (Å²) in [6, 6.07) is 20.8. The van der Waals surface area contributed by atoms with Gasteiger partial charge in [-0.3, -0.25) is 9.59 Å². The Balaban J connectivity index is 1.26. The Kier molecular flexibility index (Phi) is 6.88. The molecular weight excluding hydrogens is 498 g/mol. The number of carbonyl (C=O) groups excluding carboxylic acids is 3. The van der Waals surface area contributed by atoms with Crippen LogP contribution in [-0.4, -0.2) is 54.2 Å². The highest BCUT2D eigenvalue weighted by Crippen LogP contribution is 2.34. The summed E-state index contributed by atoms with van der Waals surface area (Å²) in [6.07, 6.45) is -0.501. The first-order chi connectivity index (χ1) is 17.9. The second kappa shape index (κ2) is 10.3. The van der Waals surface area contributed by atoms with Crippen molar-refractivity contribution in [1.82, 2.24) is 10.2 Å². The zero-order valence-electron chi connectivity index (χ0n) is 19.8. The van der Waals surface area contributed by atoms with Gasteiger partial charge < -0.3 is 15.0 Å². The summed E-state index contributed by atoms with van der Waals surface area (Å²) in [4.78, 5) is 39.4. The van der Waals surface area contributed by atoms with E-state index in [1.54, 1.807) is 47.7 Å². The number of halogens is 2. The Labute approximate surface area is 215 Å². The number of nitrogens with zero attached hydrogens (tertiary/aromatic N) is 1. The van der Waals surface area contributed by atoms with Gasteiger partial charge in [-0.2, -0.15) is 0 Å². The summed E-state index contributed by atoms with van der Waals surface area (Å²) in [6.45, 7) is -2.44. The van der Waals surface area contributed by atoms with E-state index in [0.717, 1.165) is 30.6 Å². The maximum atomic E-state index is 14.9. The van der Waals surface area contributed by atoms with Gasteiger partial charge >= 0.3 is 5.97 Å². The van der Waals surface area contributed by atoms with Gasteiger partial charge in [0.15, 0.2) is 5.67 Å². The Morgan fingerprint density at radius 2 is 1.73 bits per heavy atom. The van der Waals surface area contributed by atoms with Gasteiger partial charge in [-0.05, 0) is 29.8 Å². The monoisotopic (exact) mass is 522 g/mol. The van der Waals surface area contributed by atoms with Crippen molar-refractivity contribution in [3.8, 4) is 0 Å². The van der Waals surface area contributed by atoms with Gasteiger partial charge in [0, 0.05) is 32.2 Å². The number of esters is 1. The van der Waals surface area contributed by atoms with Crippen LogP contribution in [0, 0.1) is 0 Å². The van der Waals surface area contributed by atoms with Gasteiger partial charge in [0.05, 0.1) is 13.1 Å². The molecule has 2 atom stereocenters. The molecule has 0 bridgehead atoms. The van der Waals surface area contributed by atoms with Crippen molar-refractivity contribution >= 4 is 49.3 Å². The number of fused-ring (bicyclic) bond motifs is 3. The van der Waals surface area contributed by atoms with Gasteiger partial charge in [-0.1, -0.05) is 48.5 Å². The number of benzene rings is 3. The fraction of sp³-hybridized carbons (Fsp3) is 0.250. The van der Waals surface area contributed by atoms with Crippen LogP contribution in [0.3, 0.4) is 0 Å². The lowest BCUT2D eigenvalue weighted by Crippen LogP contribution is -2.46. The Bertz CT molecular complexity index is 1480. The molecule has 0 spiro atoms. The standard InChI is InChI=1S/C28H24F2N2O4S/c29-16-28(30)13-22(27(35)36-15-18-6-2-1-3-7-18)32(17-28)25(33)14-31-26(34)19-10-11-24-21(12-19)20-8-4-5-9-23(20)37-24/h1-12,22H,13-17H2,(H,31,34)/t22-,28-/m0/s1. The molecule has 37 heavy (non-hydrogen) atoms. The summed E-state index contributed by atoms with van der Waals surface area (Å²) in [7, 11) is 0. The summed E-state index contributed by atoms with van der Waals surface area (Å²) in [5.74, 6) is -1.98. The van der Waals surface area contributed by atoms with Crippen LogP contribution < -0.4 is 5.32 Å². The van der Waals surface area contributed by atoms with Gasteiger partial charge in [0.2, 0.25) is 5.91 Å². The number of likely N-dealkylation sites (tertiary alicyclic amines) is 1. The maximum absolute atomic E-state index is 14.9. The number of amides is 2. The first-order valence-corrected chi connectivity index (χ1v) is 12.6. The highest BCUT2D eigenvalue weighted by Gasteiger charge is 2.50. The van der Waals surface area contributed by atoms with Crippen LogP contribution in [0.15, 0.2) is 72.8 Å². The van der Waals surface area contributed by atoms with Crippen molar-refractivity contribution in [2.75, 3.05) is 19.8 Å². The molecule has 1 aromatic heterocycles. The molecule has 6 nitrogen and oxygen atoms in total. The molecular formula is C28H24F2N2O4S. The molecule has 1 saturated heterocycles. The molecule has 0 unspecified atom stereocenters. The molecule has 4 aromatic rings. The smallest absolute Gasteiger partial charge is 0.329 e. The lowest BCUT2D eigenvalue weighted by Gasteiger charge is -2.23. The molecule has 1 fully saturated rings. The minimum Gasteiger partial charge on any atom is -0.459 e. The maximum Gasteiger partial charge on any atom is 0.329 e. The minimum absolute atomic E-state index is 0.0520. The molecule has 0 saturated carbocycles. The lowest BCUT2D eigenvalue weighted by molar-refractivity contribution is -0.154. The third kappa shape index (κ3) is 5.17. The van der Waals surface area contributed by atoms with E-state index in [0.29, 0.717) is 5.56 Å². The second-order valence-electron chi connectivity index (χ2n) is 9.11. The van der Waals surface area contributed by atoms with E-state index in [1.807, 2.05) is 36.4 Å². The summed E-state index contributed by atoms with van der Waals surface area (Å²) < 4.78 is 35.7. The molecule has 1 aliphatic rings. The summed E-state index contributed by atoms with van der Waals surface area (Å²) in [5, 5.41) is 4.52. The Hall–Kier alpha value is -3.85. The number of ether oxygens (including phenoxy) is 1. The van der Waals surface area contributed by atoms with E-state index in [4.69, 9.17) is 4.74 Å². The summed E-state index contributed by atoms with van der Waals surface area (Å²) >= 11 is 1.62. The molecule has 0 aliphatic carbocycles. The van der Waals surface area contributed by atoms with Crippen molar-refractivity contribution in [3.63, 3.8) is 0 Å². The van der Waals surface area contributed by atoms with E-state index in [1.165, 1.54) is 0 Å². The highest BCUT2D eigenvalue weighted by molar-refractivity contribution is 7.25. The number of nitrogens with one attached hydrogen (secondary N) is 1. The number of thiophene rings is 1. The summed E-state index contributed by atoms with van der Waals surface area (Å²) in [5.41, 5.74) is -1.25. The van der Waals surface area contributed by atoms with Crippen molar-refractivity contribution < 1.29 is 27.9 Å². The van der Waals surface area contributed by atoms with E-state index >= 15 is 0 Å². The topological polar surface area (TPSA) is 75.7 Å². The van der Waals surface area contributed by atoms with Gasteiger partial charge in [-0.15, -0.1) is 11.3 Å². The van der Waals surface area contributed by atoms with E-state index in [2.05, 4.69) is 5.32 Å². The number of hydrogen-bond acceptors (Lipinski definition) is 5. The van der Waals surface area contributed by atoms with Gasteiger partial charge in [0.1, 0.15) is 19.3 Å². The zero-order chi connectivity index (χ0) is 26.0. The third-order valence-corrected chi connectivity index (χ3v) is 7.64. The van der Waals surface area contributed by atoms with Crippen LogP contribution >= 0.6 is 11.3 Å². The van der Waals surface area contributed by atoms with Crippen LogP contribution in [0.4, 0.5) is 8.78 Å². The lowest BCUT2D eigenvalue weighted by atomic mass is 10.0. The molecule has 9 heteroatoms. The second-order valence-corrected chi connectivity index (χ2v) is 10.2. The molecule has 1 aliphatic heterocycles. The number of rotatable bonds is 7. The molecule has 2 amide bonds. The van der Waals surface area contributed by atoms with Gasteiger partial charge in [-0.25, -0.2) is 13.6 Å². The van der Waals surface area contributed by atoms with Crippen molar-refractivity contribution in [3.05, 3.63) is 83.9 Å². The number of alkyl halides is 2. The van der Waals surface area contributed by atoms with Crippen molar-refractivity contribution in [2.24, 2.45) is 0 Å². The molecule has 2 heterocycles. The largest absolute Gasteiger partial charge is 0.459 e. The Morgan fingerprint density at radius 1 is 1.00 bits per heavy atom. The fourth-order valence-electron chi connectivity index (χ4n) is 4.56. The molecule has 1 N–H and O–H groups in total. The Morgan fingerprint density at radius 3 is 2.51 bits per heavy atom. The van der Waals surface area contributed by atoms with Crippen molar-refractivity contribution in [1.29, 1.82) is 0 Å². The molecule has 190 valence electrons. The van der Waals surface area contributed by atoms with E-state index in [9.17, 15) is 23.2 Å². The average molecular weight is 523 g/mol. The van der Waals surface area contributed by atoms with E-state index in [-0.39, 0.29) is 6.61 Å². The minimum atomic E-state index is -2.35.